The summed E-state index contributed by atoms with van der Waals surface area (Å²) in [5, 5.41) is 16.6. The summed E-state index contributed by atoms with van der Waals surface area (Å²) in [5.74, 6) is 0.785. The number of nitrogen functional groups attached to an aromatic ring is 1. The van der Waals surface area contributed by atoms with E-state index in [-0.39, 0.29) is 12.6 Å². The van der Waals surface area contributed by atoms with Crippen molar-refractivity contribution >= 4 is 22.9 Å². The Bertz CT molecular complexity index is 827. The molecule has 2 aliphatic rings. The molecule has 0 amide bonds. The van der Waals surface area contributed by atoms with E-state index in [1.54, 1.807) is 6.33 Å². The number of ether oxygens (including phenoxy) is 1. The minimum Gasteiger partial charge on any atom is -0.394 e. The van der Waals surface area contributed by atoms with Gasteiger partial charge in [0, 0.05) is 17.4 Å². The van der Waals surface area contributed by atoms with Gasteiger partial charge in [-0.1, -0.05) is 5.11 Å². The molecule has 1 aliphatic carbocycles. The first-order chi connectivity index (χ1) is 12.2. The Labute approximate surface area is 142 Å². The van der Waals surface area contributed by atoms with Crippen LogP contribution in [0.5, 0.6) is 0 Å². The number of azide groups is 1. The molecular formula is C14H19N9O2. The normalized spacial score (nSPS) is 26.4. The zero-order valence-corrected chi connectivity index (χ0v) is 13.5. The molecule has 11 heteroatoms. The van der Waals surface area contributed by atoms with Gasteiger partial charge in [0.25, 0.3) is 0 Å². The number of rotatable bonds is 5. The first kappa shape index (κ1) is 15.9. The highest BCUT2D eigenvalue weighted by molar-refractivity contribution is 5.84. The molecule has 25 heavy (non-hydrogen) atoms. The second-order valence-corrected chi connectivity index (χ2v) is 6.35. The zero-order valence-electron chi connectivity index (χ0n) is 13.5. The molecule has 3 heterocycles. The highest BCUT2D eigenvalue weighted by Gasteiger charge is 2.36. The molecule has 1 saturated heterocycles. The van der Waals surface area contributed by atoms with Gasteiger partial charge in [0.15, 0.2) is 11.5 Å². The molecular weight excluding hydrogens is 326 g/mol. The smallest absolute Gasteiger partial charge is 0.224 e. The fraction of sp³-hybridized carbons (Fsp3) is 0.643. The highest BCUT2D eigenvalue weighted by atomic mass is 16.5. The molecule has 2 aromatic rings. The summed E-state index contributed by atoms with van der Waals surface area (Å²) in [4.78, 5) is 15.7. The lowest BCUT2D eigenvalue weighted by molar-refractivity contribution is -0.0230. The van der Waals surface area contributed by atoms with Gasteiger partial charge < -0.3 is 20.9 Å². The van der Waals surface area contributed by atoms with E-state index in [1.165, 1.54) is 6.42 Å². The molecule has 11 nitrogen and oxygen atoms in total. The van der Waals surface area contributed by atoms with Gasteiger partial charge in [0.2, 0.25) is 5.95 Å². The molecule has 0 bridgehead atoms. The van der Waals surface area contributed by atoms with Gasteiger partial charge in [0.1, 0.15) is 11.7 Å². The largest absolute Gasteiger partial charge is 0.394 e. The van der Waals surface area contributed by atoms with Gasteiger partial charge in [-0.15, -0.1) is 0 Å². The van der Waals surface area contributed by atoms with Crippen LogP contribution in [0.4, 0.5) is 11.8 Å². The van der Waals surface area contributed by atoms with E-state index in [9.17, 15) is 5.11 Å². The fourth-order valence-corrected chi connectivity index (χ4v) is 3.27. The number of hydrogen-bond acceptors (Lipinski definition) is 8. The van der Waals surface area contributed by atoms with Gasteiger partial charge >= 0.3 is 0 Å². The van der Waals surface area contributed by atoms with Crippen LogP contribution in [0.25, 0.3) is 21.6 Å². The SMILES string of the molecule is [N-]=[N+]=NC1C[C@H](n2cnc3nc(N)nc(NC4CCC4)c32)O[C@@H]1CO. The first-order valence-electron chi connectivity index (χ1n) is 8.26. The summed E-state index contributed by atoms with van der Waals surface area (Å²) >= 11 is 0. The number of aromatic nitrogens is 4. The number of nitrogens with two attached hydrogens (primary N) is 1. The molecule has 4 N–H and O–H groups in total. The van der Waals surface area contributed by atoms with E-state index in [4.69, 9.17) is 16.0 Å². The summed E-state index contributed by atoms with van der Waals surface area (Å²) in [6.07, 6.45) is 4.45. The van der Waals surface area contributed by atoms with Gasteiger partial charge in [-0.25, -0.2) is 4.98 Å². The Kier molecular flexibility index (Phi) is 4.04. The standard InChI is InChI=1S/C14H19N9O2/c15-14-19-12-11(13(20-14)18-7-2-1-3-7)23(6-17-12)10-4-8(21-22-16)9(5-24)25-10/h6-10,24H,1-5H2,(H3,15,18,19,20)/t8?,9-,10-/m1/s1. The third-order valence-corrected chi connectivity index (χ3v) is 4.79. The van der Waals surface area contributed by atoms with Crippen molar-refractivity contribution in [3.05, 3.63) is 16.8 Å². The number of hydrogen-bond donors (Lipinski definition) is 3. The Hall–Kier alpha value is -2.62. The quantitative estimate of drug-likeness (QED) is 0.418. The Morgan fingerprint density at radius 3 is 3.00 bits per heavy atom. The average molecular weight is 345 g/mol. The average Bonchev–Trinajstić information content (AvgIpc) is 3.14. The van der Waals surface area contributed by atoms with Crippen LogP contribution in [0.15, 0.2) is 11.4 Å². The molecule has 4 rings (SSSR count). The molecule has 1 aliphatic heterocycles. The number of nitrogens with one attached hydrogen (secondary N) is 1. The number of nitrogens with zero attached hydrogens (tertiary/aromatic N) is 7. The van der Waals surface area contributed by atoms with E-state index >= 15 is 0 Å². The van der Waals surface area contributed by atoms with Crippen LogP contribution in [0.3, 0.4) is 0 Å². The Morgan fingerprint density at radius 1 is 1.48 bits per heavy atom. The van der Waals surface area contributed by atoms with Crippen molar-refractivity contribution in [2.24, 2.45) is 5.11 Å². The van der Waals surface area contributed by atoms with Crippen LogP contribution < -0.4 is 11.1 Å². The molecule has 0 spiro atoms. The van der Waals surface area contributed by atoms with E-state index in [0.29, 0.717) is 29.4 Å². The minimum atomic E-state index is -0.545. The van der Waals surface area contributed by atoms with Crippen LogP contribution >= 0.6 is 0 Å². The Morgan fingerprint density at radius 2 is 2.32 bits per heavy atom. The van der Waals surface area contributed by atoms with Crippen molar-refractivity contribution < 1.29 is 9.84 Å². The second-order valence-electron chi connectivity index (χ2n) is 6.35. The molecule has 2 aromatic heterocycles. The van der Waals surface area contributed by atoms with Gasteiger partial charge in [0.05, 0.1) is 25.1 Å². The van der Waals surface area contributed by atoms with Crippen LogP contribution in [-0.2, 0) is 4.74 Å². The van der Waals surface area contributed by atoms with E-state index in [0.717, 1.165) is 12.8 Å². The maximum atomic E-state index is 9.45. The summed E-state index contributed by atoms with van der Waals surface area (Å²) in [6.45, 7) is -0.219. The molecule has 1 unspecified atom stereocenters. The first-order valence-corrected chi connectivity index (χ1v) is 8.26. The van der Waals surface area contributed by atoms with Crippen molar-refractivity contribution in [2.45, 2.75) is 50.1 Å². The van der Waals surface area contributed by atoms with E-state index in [1.807, 2.05) is 4.57 Å². The summed E-state index contributed by atoms with van der Waals surface area (Å²) < 4.78 is 7.66. The maximum absolute atomic E-state index is 9.45. The summed E-state index contributed by atoms with van der Waals surface area (Å²) in [7, 11) is 0. The minimum absolute atomic E-state index is 0.159. The molecule has 0 radical (unpaired) electrons. The lowest BCUT2D eigenvalue weighted by atomic mass is 9.93. The Balaban J connectivity index is 1.71. The van der Waals surface area contributed by atoms with Crippen molar-refractivity contribution in [3.63, 3.8) is 0 Å². The van der Waals surface area contributed by atoms with Crippen LogP contribution in [0.1, 0.15) is 31.9 Å². The van der Waals surface area contributed by atoms with Crippen molar-refractivity contribution in [1.29, 1.82) is 0 Å². The van der Waals surface area contributed by atoms with E-state index in [2.05, 4.69) is 30.3 Å². The van der Waals surface area contributed by atoms with Gasteiger partial charge in [-0.05, 0) is 24.8 Å². The van der Waals surface area contributed by atoms with Gasteiger partial charge in [-0.2, -0.15) is 9.97 Å². The number of imidazole rings is 1. The summed E-state index contributed by atoms with van der Waals surface area (Å²) in [5.41, 5.74) is 15.7. The number of anilines is 2. The monoisotopic (exact) mass is 345 g/mol. The van der Waals surface area contributed by atoms with Gasteiger partial charge in [-0.3, -0.25) is 4.57 Å². The van der Waals surface area contributed by atoms with Crippen molar-refractivity contribution in [3.8, 4) is 0 Å². The molecule has 1 saturated carbocycles. The fourth-order valence-electron chi connectivity index (χ4n) is 3.27. The predicted octanol–water partition coefficient (Wildman–Crippen LogP) is 1.33. The van der Waals surface area contributed by atoms with Crippen molar-refractivity contribution in [2.75, 3.05) is 17.7 Å². The highest BCUT2D eigenvalue weighted by Crippen LogP contribution is 2.35. The van der Waals surface area contributed by atoms with Crippen LogP contribution in [-0.4, -0.2) is 49.4 Å². The van der Waals surface area contributed by atoms with Crippen molar-refractivity contribution in [1.82, 2.24) is 19.5 Å². The van der Waals surface area contributed by atoms with Crippen LogP contribution in [0, 0.1) is 0 Å². The number of aliphatic hydroxyl groups excluding tert-OH is 1. The lowest BCUT2D eigenvalue weighted by Gasteiger charge is -2.27. The third kappa shape index (κ3) is 2.82. The lowest BCUT2D eigenvalue weighted by Crippen LogP contribution is -2.28. The molecule has 0 aromatic carbocycles. The van der Waals surface area contributed by atoms with E-state index < -0.39 is 18.4 Å². The topological polar surface area (TPSA) is 160 Å². The summed E-state index contributed by atoms with van der Waals surface area (Å²) in [6, 6.07) is -0.0679. The molecule has 3 atom stereocenters. The number of aliphatic hydroxyl groups is 1. The predicted molar refractivity (Wildman–Crippen MR) is 89.5 cm³/mol. The zero-order chi connectivity index (χ0) is 17.4. The van der Waals surface area contributed by atoms with Crippen LogP contribution in [0.2, 0.25) is 0 Å². The molecule has 2 fully saturated rings. The number of fused-ring (bicyclic) bond motifs is 1. The molecule has 132 valence electrons. The second kappa shape index (κ2) is 6.36. The third-order valence-electron chi connectivity index (χ3n) is 4.79. The maximum Gasteiger partial charge on any atom is 0.224 e.